The Labute approximate surface area is 293 Å². The molecule has 2 saturated carbocycles. The van der Waals surface area contributed by atoms with Crippen LogP contribution in [0.5, 0.6) is 11.5 Å². The van der Waals surface area contributed by atoms with Gasteiger partial charge in [-0.2, -0.15) is 0 Å². The number of aromatic nitrogens is 3. The largest absolute Gasteiger partial charge is 0.492 e. The van der Waals surface area contributed by atoms with Gasteiger partial charge in [0.2, 0.25) is 0 Å². The van der Waals surface area contributed by atoms with Crippen LogP contribution in [-0.2, 0) is 19.8 Å². The molecule has 2 aliphatic carbocycles. The number of ether oxygens (including phenoxy) is 4. The van der Waals surface area contributed by atoms with Crippen LogP contribution in [0, 0.1) is 17.8 Å². The van der Waals surface area contributed by atoms with Gasteiger partial charge in [-0.1, -0.05) is 23.2 Å². The van der Waals surface area contributed by atoms with Crippen molar-refractivity contribution in [2.24, 2.45) is 17.8 Å². The number of carbonyl (C=O) groups excluding carboxylic acids is 3. The minimum absolute atomic E-state index is 0.190. The zero-order valence-corrected chi connectivity index (χ0v) is 29.5. The number of nitrogens with zero attached hydrogens (tertiary/aromatic N) is 3. The number of rotatable bonds is 13. The smallest absolute Gasteiger partial charge is 0.310 e. The van der Waals surface area contributed by atoms with E-state index in [-0.39, 0.29) is 17.3 Å². The molecular formula is C33H39Cl2N5O7S. The zero-order chi connectivity index (χ0) is 34.5. The standard InChI is InChI=1S/C17H23ClN2O4.C16H16ClN3O3S/c1-10(16(22)23-4)17(2,3)20-15(21)13-7-14(12(18)8-19-13)24-9-11-5-6-11;17-11-6-19-12(5-13(11)23-7-10-1-2-10)14(21)20-16(8-22-9-16)15-18-3-4-24-15/h7-8,10-11H,5-6,9H2,1-4H3,(H,20,21);3-6,10H,1-2,7-9H2,(H,20,21). The molecule has 6 rings (SSSR count). The van der Waals surface area contributed by atoms with Gasteiger partial charge in [-0.3, -0.25) is 14.4 Å². The second-order valence-electron chi connectivity index (χ2n) is 12.8. The van der Waals surface area contributed by atoms with Crippen LogP contribution in [0.15, 0.2) is 36.1 Å². The van der Waals surface area contributed by atoms with Gasteiger partial charge in [0, 0.05) is 29.2 Å². The van der Waals surface area contributed by atoms with Crippen molar-refractivity contribution >= 4 is 52.3 Å². The lowest BCUT2D eigenvalue weighted by molar-refractivity contribution is -0.147. The summed E-state index contributed by atoms with van der Waals surface area (Å²) < 4.78 is 21.4. The molecule has 3 fully saturated rings. The summed E-state index contributed by atoms with van der Waals surface area (Å²) in [6.45, 7) is 7.25. The molecule has 1 aliphatic heterocycles. The number of hydrogen-bond acceptors (Lipinski definition) is 11. The predicted molar refractivity (Wildman–Crippen MR) is 180 cm³/mol. The number of methoxy groups -OCH3 is 1. The summed E-state index contributed by atoms with van der Waals surface area (Å²) in [5.41, 5.74) is -0.898. The lowest BCUT2D eigenvalue weighted by Crippen LogP contribution is -2.59. The van der Waals surface area contributed by atoms with E-state index in [4.69, 9.17) is 42.1 Å². The third-order valence-corrected chi connectivity index (χ3v) is 9.96. The summed E-state index contributed by atoms with van der Waals surface area (Å²) >= 11 is 13.7. The first-order valence-corrected chi connectivity index (χ1v) is 17.3. The molecule has 1 atom stereocenters. The first kappa shape index (κ1) is 35.8. The number of hydrogen-bond donors (Lipinski definition) is 2. The van der Waals surface area contributed by atoms with E-state index in [1.807, 2.05) is 5.38 Å². The van der Waals surface area contributed by atoms with Crippen LogP contribution < -0.4 is 20.1 Å². The number of esters is 1. The van der Waals surface area contributed by atoms with Crippen LogP contribution in [0.1, 0.15) is 72.4 Å². The van der Waals surface area contributed by atoms with E-state index in [1.165, 1.54) is 49.7 Å². The topological polar surface area (TPSA) is 151 Å². The molecule has 0 spiro atoms. The molecule has 2 N–H and O–H groups in total. The Morgan fingerprint density at radius 3 is 1.94 bits per heavy atom. The Bertz CT molecular complexity index is 1610. The highest BCUT2D eigenvalue weighted by Gasteiger charge is 2.44. The Balaban J connectivity index is 0.000000188. The van der Waals surface area contributed by atoms with Crippen molar-refractivity contribution in [2.75, 3.05) is 33.5 Å². The minimum atomic E-state index is -0.791. The highest BCUT2D eigenvalue weighted by atomic mass is 35.5. The summed E-state index contributed by atoms with van der Waals surface area (Å²) in [5.74, 6) is 0.532. The fraction of sp³-hybridized carbons (Fsp3) is 0.515. The summed E-state index contributed by atoms with van der Waals surface area (Å²) in [7, 11) is 1.32. The van der Waals surface area contributed by atoms with Crippen LogP contribution in [-0.4, -0.2) is 71.8 Å². The third-order valence-electron chi connectivity index (χ3n) is 8.41. The summed E-state index contributed by atoms with van der Waals surface area (Å²) in [4.78, 5) is 49.3. The second kappa shape index (κ2) is 15.4. The Morgan fingerprint density at radius 2 is 1.50 bits per heavy atom. The maximum atomic E-state index is 12.6. The van der Waals surface area contributed by atoms with Gasteiger partial charge in [-0.25, -0.2) is 15.0 Å². The average molecular weight is 721 g/mol. The molecule has 3 aliphatic rings. The molecule has 0 aromatic carbocycles. The second-order valence-corrected chi connectivity index (χ2v) is 14.5. The van der Waals surface area contributed by atoms with Gasteiger partial charge in [0.25, 0.3) is 11.8 Å². The van der Waals surface area contributed by atoms with Gasteiger partial charge in [0.05, 0.1) is 51.8 Å². The van der Waals surface area contributed by atoms with Gasteiger partial charge >= 0.3 is 5.97 Å². The minimum Gasteiger partial charge on any atom is -0.492 e. The number of pyridine rings is 2. The molecule has 12 nitrogen and oxygen atoms in total. The molecule has 48 heavy (non-hydrogen) atoms. The van der Waals surface area contributed by atoms with Crippen molar-refractivity contribution in [1.29, 1.82) is 0 Å². The van der Waals surface area contributed by atoms with Crippen LogP contribution in [0.3, 0.4) is 0 Å². The van der Waals surface area contributed by atoms with E-state index in [0.29, 0.717) is 59.8 Å². The van der Waals surface area contributed by atoms with Crippen LogP contribution in [0.4, 0.5) is 0 Å². The monoisotopic (exact) mass is 719 g/mol. The first-order valence-electron chi connectivity index (χ1n) is 15.7. The summed E-state index contributed by atoms with van der Waals surface area (Å²) in [5, 5.41) is 9.30. The number of halogens is 2. The van der Waals surface area contributed by atoms with Gasteiger partial charge in [-0.05, 0) is 58.3 Å². The van der Waals surface area contributed by atoms with Crippen molar-refractivity contribution < 1.29 is 33.3 Å². The van der Waals surface area contributed by atoms with E-state index in [9.17, 15) is 14.4 Å². The van der Waals surface area contributed by atoms with Gasteiger partial charge < -0.3 is 29.6 Å². The van der Waals surface area contributed by atoms with E-state index in [2.05, 4.69) is 25.6 Å². The highest BCUT2D eigenvalue weighted by Crippen LogP contribution is 2.34. The summed E-state index contributed by atoms with van der Waals surface area (Å²) in [6, 6.07) is 3.12. The van der Waals surface area contributed by atoms with Crippen molar-refractivity contribution in [3.05, 3.63) is 62.5 Å². The molecule has 3 aromatic heterocycles. The molecule has 3 aromatic rings. The molecule has 15 heteroatoms. The van der Waals surface area contributed by atoms with Crippen LogP contribution in [0.2, 0.25) is 10.0 Å². The molecule has 1 unspecified atom stereocenters. The molecule has 1 saturated heterocycles. The first-order chi connectivity index (χ1) is 22.9. The Kier molecular flexibility index (Phi) is 11.4. The maximum Gasteiger partial charge on any atom is 0.310 e. The molecule has 258 valence electrons. The van der Waals surface area contributed by atoms with Crippen molar-refractivity contribution in [1.82, 2.24) is 25.6 Å². The van der Waals surface area contributed by atoms with Crippen molar-refractivity contribution in [3.63, 3.8) is 0 Å². The molecule has 0 radical (unpaired) electrons. The van der Waals surface area contributed by atoms with E-state index in [1.54, 1.807) is 33.0 Å². The predicted octanol–water partition coefficient (Wildman–Crippen LogP) is 5.48. The molecule has 2 amide bonds. The van der Waals surface area contributed by atoms with E-state index in [0.717, 1.165) is 17.8 Å². The fourth-order valence-electron chi connectivity index (χ4n) is 4.53. The third kappa shape index (κ3) is 9.13. The maximum absolute atomic E-state index is 12.6. The Hall–Kier alpha value is -3.52. The molecular weight excluding hydrogens is 681 g/mol. The normalized spacial score (nSPS) is 17.1. The zero-order valence-electron chi connectivity index (χ0n) is 27.2. The molecule has 4 heterocycles. The SMILES string of the molecule is COC(=O)C(C)C(C)(C)NC(=O)c1cc(OCC2CC2)c(Cl)cn1.O=C(NC1(c2nccs2)COC1)c1cc(OCC2CC2)c(Cl)cn1. The summed E-state index contributed by atoms with van der Waals surface area (Å²) in [6.07, 6.45) is 9.27. The number of thiazole rings is 1. The quantitative estimate of drug-likeness (QED) is 0.218. The number of nitrogens with one attached hydrogen (secondary N) is 2. The van der Waals surface area contributed by atoms with Gasteiger partial charge in [0.15, 0.2) is 0 Å². The van der Waals surface area contributed by atoms with Gasteiger partial charge in [0.1, 0.15) is 43.5 Å². The van der Waals surface area contributed by atoms with Crippen molar-refractivity contribution in [3.8, 4) is 11.5 Å². The van der Waals surface area contributed by atoms with Crippen LogP contribution >= 0.6 is 34.5 Å². The Morgan fingerprint density at radius 1 is 0.958 bits per heavy atom. The fourth-order valence-corrected chi connectivity index (χ4v) is 5.61. The lowest BCUT2D eigenvalue weighted by Gasteiger charge is -2.40. The van der Waals surface area contributed by atoms with E-state index >= 15 is 0 Å². The highest BCUT2D eigenvalue weighted by molar-refractivity contribution is 7.09. The van der Waals surface area contributed by atoms with Gasteiger partial charge in [-0.15, -0.1) is 11.3 Å². The van der Waals surface area contributed by atoms with E-state index < -0.39 is 28.9 Å². The van der Waals surface area contributed by atoms with Crippen molar-refractivity contribution in [2.45, 2.75) is 57.5 Å². The average Bonchev–Trinajstić information content (AvgIpc) is 3.99. The number of amides is 2. The van der Waals surface area contributed by atoms with Crippen LogP contribution in [0.25, 0.3) is 0 Å². The lowest BCUT2D eigenvalue weighted by atomic mass is 9.89. The number of carbonyl (C=O) groups is 3. The molecule has 0 bridgehead atoms.